The van der Waals surface area contributed by atoms with E-state index in [1.807, 2.05) is 0 Å². The van der Waals surface area contributed by atoms with Gasteiger partial charge in [-0.05, 0) is 68.4 Å². The summed E-state index contributed by atoms with van der Waals surface area (Å²) in [6.07, 6.45) is 9.20. The van der Waals surface area contributed by atoms with Crippen molar-refractivity contribution in [2.75, 3.05) is 5.73 Å². The molecule has 0 unspecified atom stereocenters. The molecule has 4 nitrogen and oxygen atoms in total. The number of anilines is 1. The van der Waals surface area contributed by atoms with E-state index in [1.165, 1.54) is 38.5 Å². The molecule has 1 aromatic rings. The number of carbonyl (C=O) groups is 1. The summed E-state index contributed by atoms with van der Waals surface area (Å²) in [6, 6.07) is 3.45. The van der Waals surface area contributed by atoms with Crippen molar-refractivity contribution in [2.24, 2.45) is 17.8 Å². The van der Waals surface area contributed by atoms with Gasteiger partial charge in [-0.15, -0.1) is 0 Å². The number of nitrogens with two attached hydrogens (primary N) is 1. The lowest BCUT2D eigenvalue weighted by Crippen LogP contribution is -2.59. The number of aromatic nitrogens is 1. The van der Waals surface area contributed by atoms with Gasteiger partial charge >= 0.3 is 0 Å². The molecule has 1 amide bonds. The summed E-state index contributed by atoms with van der Waals surface area (Å²) >= 11 is 0. The lowest BCUT2D eigenvalue weighted by Gasteiger charge is -2.56. The van der Waals surface area contributed by atoms with E-state index < -0.39 is 0 Å². The normalized spacial score (nSPS) is 37.9. The van der Waals surface area contributed by atoms with E-state index in [-0.39, 0.29) is 11.4 Å². The molecule has 0 spiro atoms. The second-order valence-corrected chi connectivity index (χ2v) is 7.13. The predicted octanol–water partition coefficient (Wildman–Crippen LogP) is 2.36. The van der Waals surface area contributed by atoms with Gasteiger partial charge in [-0.2, -0.15) is 0 Å². The molecule has 4 aliphatic carbocycles. The first-order valence-electron chi connectivity index (χ1n) is 7.66. The summed E-state index contributed by atoms with van der Waals surface area (Å²) in [5.41, 5.74) is 6.75. The zero-order chi connectivity index (χ0) is 13.7. The van der Waals surface area contributed by atoms with Crippen molar-refractivity contribution in [1.82, 2.24) is 10.3 Å². The van der Waals surface area contributed by atoms with Crippen LogP contribution >= 0.6 is 0 Å². The zero-order valence-electron chi connectivity index (χ0n) is 11.6. The van der Waals surface area contributed by atoms with Gasteiger partial charge in [0.1, 0.15) is 5.69 Å². The van der Waals surface area contributed by atoms with Crippen LogP contribution in [0.3, 0.4) is 0 Å². The van der Waals surface area contributed by atoms with Gasteiger partial charge in [0, 0.05) is 5.54 Å². The number of nitrogens with one attached hydrogen (secondary N) is 1. The molecular formula is C16H21N3O. The molecule has 1 heterocycles. The maximum absolute atomic E-state index is 12.4. The number of nitrogens with zero attached hydrogens (tertiary/aromatic N) is 1. The van der Waals surface area contributed by atoms with Crippen molar-refractivity contribution < 1.29 is 4.79 Å². The molecule has 4 aliphatic rings. The number of nitrogen functional groups attached to an aromatic ring is 1. The number of hydrogen-bond acceptors (Lipinski definition) is 3. The summed E-state index contributed by atoms with van der Waals surface area (Å²) in [5.74, 6) is 2.47. The number of pyridine rings is 1. The SMILES string of the molecule is Nc1ccc(C(=O)NC23CC4CC(CC(C4)C2)C3)nc1. The van der Waals surface area contributed by atoms with Crippen LogP contribution < -0.4 is 11.1 Å². The highest BCUT2D eigenvalue weighted by molar-refractivity contribution is 5.93. The average Bonchev–Trinajstić information content (AvgIpc) is 2.37. The third kappa shape index (κ3) is 1.98. The fraction of sp³-hybridized carbons (Fsp3) is 0.625. The maximum atomic E-state index is 12.4. The molecule has 5 rings (SSSR count). The van der Waals surface area contributed by atoms with Gasteiger partial charge in [0.25, 0.3) is 5.91 Å². The lowest BCUT2D eigenvalue weighted by molar-refractivity contribution is -0.0167. The first-order valence-corrected chi connectivity index (χ1v) is 7.66. The second kappa shape index (κ2) is 4.21. The van der Waals surface area contributed by atoms with E-state index in [0.717, 1.165) is 17.8 Å². The van der Waals surface area contributed by atoms with Crippen molar-refractivity contribution >= 4 is 11.6 Å². The van der Waals surface area contributed by atoms with Gasteiger partial charge < -0.3 is 11.1 Å². The molecule has 20 heavy (non-hydrogen) atoms. The largest absolute Gasteiger partial charge is 0.397 e. The van der Waals surface area contributed by atoms with Crippen LogP contribution in [0.4, 0.5) is 5.69 Å². The molecule has 4 bridgehead atoms. The monoisotopic (exact) mass is 271 g/mol. The Kier molecular flexibility index (Phi) is 2.56. The van der Waals surface area contributed by atoms with Crippen molar-refractivity contribution in [2.45, 2.75) is 44.1 Å². The van der Waals surface area contributed by atoms with Crippen molar-refractivity contribution in [1.29, 1.82) is 0 Å². The fourth-order valence-corrected chi connectivity index (χ4v) is 5.11. The highest BCUT2D eigenvalue weighted by Crippen LogP contribution is 2.55. The first-order chi connectivity index (χ1) is 9.62. The van der Waals surface area contributed by atoms with Crippen LogP contribution in [0.1, 0.15) is 49.0 Å². The highest BCUT2D eigenvalue weighted by atomic mass is 16.2. The first kappa shape index (κ1) is 12.2. The Labute approximate surface area is 119 Å². The Bertz CT molecular complexity index is 502. The summed E-state index contributed by atoms with van der Waals surface area (Å²) in [4.78, 5) is 16.6. The van der Waals surface area contributed by atoms with Gasteiger partial charge in [-0.25, -0.2) is 4.98 Å². The smallest absolute Gasteiger partial charge is 0.270 e. The summed E-state index contributed by atoms with van der Waals surface area (Å²) in [7, 11) is 0. The van der Waals surface area contributed by atoms with Crippen LogP contribution in [0.25, 0.3) is 0 Å². The quantitative estimate of drug-likeness (QED) is 0.867. The highest BCUT2D eigenvalue weighted by Gasteiger charge is 2.51. The van der Waals surface area contributed by atoms with Crippen LogP contribution in [0.5, 0.6) is 0 Å². The van der Waals surface area contributed by atoms with Crippen LogP contribution in [0, 0.1) is 17.8 Å². The van der Waals surface area contributed by atoms with Gasteiger partial charge in [0.15, 0.2) is 0 Å². The third-order valence-corrected chi connectivity index (χ3v) is 5.44. The number of rotatable bonds is 2. The van der Waals surface area contributed by atoms with E-state index in [2.05, 4.69) is 10.3 Å². The molecule has 0 radical (unpaired) electrons. The van der Waals surface area contributed by atoms with Crippen LogP contribution in [0.15, 0.2) is 18.3 Å². The molecule has 0 aromatic carbocycles. The van der Waals surface area contributed by atoms with Crippen LogP contribution in [-0.2, 0) is 0 Å². The van der Waals surface area contributed by atoms with Gasteiger partial charge in [0.05, 0.1) is 11.9 Å². The molecule has 0 saturated heterocycles. The van der Waals surface area contributed by atoms with E-state index in [0.29, 0.717) is 11.4 Å². The number of carbonyl (C=O) groups excluding carboxylic acids is 1. The molecular weight excluding hydrogens is 250 g/mol. The minimum absolute atomic E-state index is 0.0352. The number of amides is 1. The molecule has 4 fully saturated rings. The molecule has 0 aliphatic heterocycles. The van der Waals surface area contributed by atoms with Crippen LogP contribution in [-0.4, -0.2) is 16.4 Å². The van der Waals surface area contributed by atoms with Crippen LogP contribution in [0.2, 0.25) is 0 Å². The Balaban J connectivity index is 1.53. The Morgan fingerprint density at radius 1 is 1.15 bits per heavy atom. The second-order valence-electron chi connectivity index (χ2n) is 7.13. The average molecular weight is 271 g/mol. The Hall–Kier alpha value is -1.58. The van der Waals surface area contributed by atoms with Gasteiger partial charge in [-0.3, -0.25) is 4.79 Å². The third-order valence-electron chi connectivity index (χ3n) is 5.44. The number of hydrogen-bond donors (Lipinski definition) is 2. The molecule has 3 N–H and O–H groups in total. The molecule has 0 atom stereocenters. The van der Waals surface area contributed by atoms with Gasteiger partial charge in [0.2, 0.25) is 0 Å². The van der Waals surface area contributed by atoms with E-state index in [1.54, 1.807) is 18.3 Å². The van der Waals surface area contributed by atoms with Crippen molar-refractivity contribution in [3.05, 3.63) is 24.0 Å². The minimum Gasteiger partial charge on any atom is -0.397 e. The fourth-order valence-electron chi connectivity index (χ4n) is 5.11. The predicted molar refractivity (Wildman–Crippen MR) is 77.0 cm³/mol. The summed E-state index contributed by atoms with van der Waals surface area (Å²) in [5, 5.41) is 3.32. The summed E-state index contributed by atoms with van der Waals surface area (Å²) < 4.78 is 0. The lowest BCUT2D eigenvalue weighted by atomic mass is 9.53. The Morgan fingerprint density at radius 3 is 2.25 bits per heavy atom. The van der Waals surface area contributed by atoms with E-state index >= 15 is 0 Å². The minimum atomic E-state index is -0.0352. The molecule has 1 aromatic heterocycles. The molecule has 106 valence electrons. The Morgan fingerprint density at radius 2 is 1.75 bits per heavy atom. The maximum Gasteiger partial charge on any atom is 0.270 e. The topological polar surface area (TPSA) is 68.0 Å². The van der Waals surface area contributed by atoms with Crippen molar-refractivity contribution in [3.8, 4) is 0 Å². The molecule has 4 heteroatoms. The summed E-state index contributed by atoms with van der Waals surface area (Å²) in [6.45, 7) is 0. The zero-order valence-corrected chi connectivity index (χ0v) is 11.6. The standard InChI is InChI=1S/C16H21N3O/c17-13-1-2-14(18-9-13)15(20)19-16-6-10-3-11(7-16)5-12(4-10)8-16/h1-2,9-12H,3-8,17H2,(H,19,20). The van der Waals surface area contributed by atoms with E-state index in [4.69, 9.17) is 5.73 Å². The van der Waals surface area contributed by atoms with Crippen molar-refractivity contribution in [3.63, 3.8) is 0 Å². The van der Waals surface area contributed by atoms with E-state index in [9.17, 15) is 4.79 Å². The van der Waals surface area contributed by atoms with Gasteiger partial charge in [-0.1, -0.05) is 0 Å². The molecule has 4 saturated carbocycles.